The van der Waals surface area contributed by atoms with E-state index in [1.165, 1.54) is 0 Å². The molecule has 0 amide bonds. The molecule has 0 fully saturated rings. The predicted octanol–water partition coefficient (Wildman–Crippen LogP) is -1.41. The molecule has 0 saturated heterocycles. The zero-order valence-electron chi connectivity index (χ0n) is 5.97. The summed E-state index contributed by atoms with van der Waals surface area (Å²) in [6, 6.07) is 0. The summed E-state index contributed by atoms with van der Waals surface area (Å²) in [6.07, 6.45) is -2.86. The van der Waals surface area contributed by atoms with Crippen LogP contribution in [-0.4, -0.2) is 45.2 Å². The lowest BCUT2D eigenvalue weighted by atomic mass is 10.1. The molecule has 6 nitrogen and oxygen atoms in total. The van der Waals surface area contributed by atoms with Gasteiger partial charge in [-0.2, -0.15) is 0 Å². The van der Waals surface area contributed by atoms with E-state index in [0.717, 1.165) is 0 Å². The van der Waals surface area contributed by atoms with Crippen LogP contribution in [0.4, 0.5) is 0 Å². The van der Waals surface area contributed by atoms with Crippen LogP contribution >= 0.6 is 0 Å². The van der Waals surface area contributed by atoms with Gasteiger partial charge < -0.3 is 25.2 Å². The molecule has 1 aliphatic rings. The summed E-state index contributed by atoms with van der Waals surface area (Å²) in [4.78, 5) is 10.3. The molecule has 0 aromatic heterocycles. The smallest absolute Gasteiger partial charge is 0.374 e. The molecule has 1 rings (SSSR count). The highest BCUT2D eigenvalue weighted by atomic mass is 16.5. The Kier molecular flexibility index (Phi) is 2.20. The number of aliphatic carboxylic acids is 1. The predicted molar refractivity (Wildman–Crippen MR) is 35.3 cm³/mol. The van der Waals surface area contributed by atoms with Crippen LogP contribution in [0.1, 0.15) is 0 Å². The van der Waals surface area contributed by atoms with Crippen molar-refractivity contribution in [1.82, 2.24) is 0 Å². The molecule has 12 heavy (non-hydrogen) atoms. The first-order chi connectivity index (χ1) is 5.54. The maximum Gasteiger partial charge on any atom is 0.374 e. The number of hydrogen-bond acceptors (Lipinski definition) is 5. The number of aliphatic hydroxyl groups is 3. The van der Waals surface area contributed by atoms with Crippen LogP contribution in [0.15, 0.2) is 11.5 Å². The first kappa shape index (κ1) is 8.82. The molecule has 0 radical (unpaired) electrons. The lowest BCUT2D eigenvalue weighted by Gasteiger charge is -2.24. The minimum absolute atomic E-state index is 0.340. The molecule has 0 saturated carbocycles. The highest BCUT2D eigenvalue weighted by Gasteiger charge is 2.33. The van der Waals surface area contributed by atoms with Crippen molar-refractivity contribution in [2.75, 3.05) is 6.61 Å². The normalized spacial score (nSPS) is 29.8. The number of rotatable bonds is 1. The van der Waals surface area contributed by atoms with Crippen LogP contribution in [0.3, 0.4) is 0 Å². The Morgan fingerprint density at radius 2 is 2.08 bits per heavy atom. The Hall–Kier alpha value is -1.27. The van der Waals surface area contributed by atoms with Crippen molar-refractivity contribution < 1.29 is 30.0 Å². The van der Waals surface area contributed by atoms with Crippen molar-refractivity contribution in [3.05, 3.63) is 11.5 Å². The molecular formula is C6H8O6. The van der Waals surface area contributed by atoms with Gasteiger partial charge in [0.25, 0.3) is 0 Å². The fourth-order valence-electron chi connectivity index (χ4n) is 0.822. The molecule has 4 N–H and O–H groups in total. The fourth-order valence-corrected chi connectivity index (χ4v) is 0.822. The average molecular weight is 176 g/mol. The van der Waals surface area contributed by atoms with Gasteiger partial charge in [-0.05, 0) is 0 Å². The van der Waals surface area contributed by atoms with Crippen LogP contribution in [0, 0.1) is 0 Å². The second-order valence-electron chi connectivity index (χ2n) is 2.34. The highest BCUT2D eigenvalue weighted by Crippen LogP contribution is 2.17. The van der Waals surface area contributed by atoms with E-state index in [0.29, 0.717) is 0 Å². The van der Waals surface area contributed by atoms with Crippen LogP contribution in [0.25, 0.3) is 0 Å². The molecular weight excluding hydrogens is 168 g/mol. The quantitative estimate of drug-likeness (QED) is 0.391. The zero-order valence-corrected chi connectivity index (χ0v) is 5.97. The van der Waals surface area contributed by atoms with Gasteiger partial charge in [0.05, 0.1) is 0 Å². The molecule has 0 aromatic rings. The van der Waals surface area contributed by atoms with Gasteiger partial charge in [-0.25, -0.2) is 4.79 Å². The lowest BCUT2D eigenvalue weighted by molar-refractivity contribution is -0.140. The summed E-state index contributed by atoms with van der Waals surface area (Å²) in [5.41, 5.74) is 0. The number of ether oxygens (including phenoxy) is 1. The van der Waals surface area contributed by atoms with E-state index in [9.17, 15) is 4.79 Å². The molecule has 68 valence electrons. The monoisotopic (exact) mass is 176 g/mol. The first-order valence-electron chi connectivity index (χ1n) is 3.19. The van der Waals surface area contributed by atoms with Crippen molar-refractivity contribution in [2.45, 2.75) is 12.2 Å². The second kappa shape index (κ2) is 3.00. The molecule has 6 heteroatoms. The molecule has 0 unspecified atom stereocenters. The number of hydrogen-bond donors (Lipinski definition) is 4. The SMILES string of the molecule is O=C(O)C1=C(O)[C@H](O)[C@@H](O)CO1. The van der Waals surface area contributed by atoms with Crippen LogP contribution in [0.5, 0.6) is 0 Å². The van der Waals surface area contributed by atoms with Gasteiger partial charge in [0.15, 0.2) is 5.76 Å². The Balaban J connectivity index is 2.93. The van der Waals surface area contributed by atoms with Gasteiger partial charge in [-0.15, -0.1) is 0 Å². The maximum absolute atomic E-state index is 10.3. The third-order valence-electron chi connectivity index (χ3n) is 1.47. The largest absolute Gasteiger partial charge is 0.506 e. The van der Waals surface area contributed by atoms with E-state index < -0.39 is 29.7 Å². The minimum atomic E-state index is -1.58. The van der Waals surface area contributed by atoms with Crippen molar-refractivity contribution in [3.63, 3.8) is 0 Å². The van der Waals surface area contributed by atoms with Gasteiger partial charge in [-0.3, -0.25) is 0 Å². The number of carbonyl (C=O) groups is 1. The van der Waals surface area contributed by atoms with E-state index in [1.807, 2.05) is 0 Å². The van der Waals surface area contributed by atoms with Crippen molar-refractivity contribution in [3.8, 4) is 0 Å². The number of carboxylic acid groups (broad SMARTS) is 1. The summed E-state index contributed by atoms with van der Waals surface area (Å²) in [7, 11) is 0. The molecule has 2 atom stereocenters. The van der Waals surface area contributed by atoms with E-state index in [1.54, 1.807) is 0 Å². The summed E-state index contributed by atoms with van der Waals surface area (Å²) in [5, 5.41) is 35.2. The molecule has 1 heterocycles. The summed E-state index contributed by atoms with van der Waals surface area (Å²) < 4.78 is 4.45. The molecule has 0 spiro atoms. The minimum Gasteiger partial charge on any atom is -0.506 e. The third-order valence-corrected chi connectivity index (χ3v) is 1.47. The van der Waals surface area contributed by atoms with E-state index in [-0.39, 0.29) is 6.61 Å². The topological polar surface area (TPSA) is 107 Å². The van der Waals surface area contributed by atoms with Crippen LogP contribution < -0.4 is 0 Å². The lowest BCUT2D eigenvalue weighted by Crippen LogP contribution is -2.38. The van der Waals surface area contributed by atoms with Crippen LogP contribution in [0.2, 0.25) is 0 Å². The fraction of sp³-hybridized carbons (Fsp3) is 0.500. The van der Waals surface area contributed by atoms with Gasteiger partial charge in [0, 0.05) is 0 Å². The molecule has 0 aliphatic carbocycles. The highest BCUT2D eigenvalue weighted by molar-refractivity contribution is 5.85. The van der Waals surface area contributed by atoms with Crippen molar-refractivity contribution in [2.24, 2.45) is 0 Å². The standard InChI is InChI=1S/C6H8O6/c7-2-1-12-5(6(10)11)4(9)3(2)8/h2-3,7-9H,1H2,(H,10,11)/t2-,3+/m0/s1. The Morgan fingerprint density at radius 3 is 2.58 bits per heavy atom. The number of carboxylic acids is 1. The molecule has 0 bridgehead atoms. The zero-order chi connectivity index (χ0) is 9.30. The third kappa shape index (κ3) is 1.34. The van der Waals surface area contributed by atoms with E-state index in [2.05, 4.69) is 4.74 Å². The average Bonchev–Trinajstić information content (AvgIpc) is 2.00. The maximum atomic E-state index is 10.3. The molecule has 0 aromatic carbocycles. The number of aliphatic hydroxyl groups excluding tert-OH is 3. The summed E-state index contributed by atoms with van der Waals surface area (Å²) in [5.74, 6) is -3.03. The van der Waals surface area contributed by atoms with Crippen molar-refractivity contribution >= 4 is 5.97 Å². The first-order valence-corrected chi connectivity index (χ1v) is 3.19. The second-order valence-corrected chi connectivity index (χ2v) is 2.34. The van der Waals surface area contributed by atoms with E-state index >= 15 is 0 Å². The van der Waals surface area contributed by atoms with E-state index in [4.69, 9.17) is 20.4 Å². The van der Waals surface area contributed by atoms with Gasteiger partial charge in [-0.1, -0.05) is 0 Å². The van der Waals surface area contributed by atoms with Crippen molar-refractivity contribution in [1.29, 1.82) is 0 Å². The summed E-state index contributed by atoms with van der Waals surface area (Å²) in [6.45, 7) is -0.340. The Bertz CT molecular complexity index is 232. The van der Waals surface area contributed by atoms with Gasteiger partial charge in [0.2, 0.25) is 5.76 Å². The van der Waals surface area contributed by atoms with Gasteiger partial charge >= 0.3 is 5.97 Å². The molecule has 1 aliphatic heterocycles. The Labute approximate surface area is 67.3 Å². The van der Waals surface area contributed by atoms with Crippen LogP contribution in [-0.2, 0) is 9.53 Å². The van der Waals surface area contributed by atoms with Gasteiger partial charge in [0.1, 0.15) is 18.8 Å². The Morgan fingerprint density at radius 1 is 1.50 bits per heavy atom. The summed E-state index contributed by atoms with van der Waals surface area (Å²) >= 11 is 0.